The normalized spacial score (nSPS) is 22.2. The monoisotopic (exact) mass is 396 g/mol. The number of benzene rings is 3. The van der Waals surface area contributed by atoms with E-state index in [2.05, 4.69) is 76.8 Å². The van der Waals surface area contributed by atoms with Gasteiger partial charge in [0.15, 0.2) is 0 Å². The van der Waals surface area contributed by atoms with Gasteiger partial charge in [0, 0.05) is 13.5 Å². The molecule has 5 heteroatoms. The van der Waals surface area contributed by atoms with Crippen LogP contribution in [0.4, 0.5) is 0 Å². The van der Waals surface area contributed by atoms with Crippen molar-refractivity contribution in [2.45, 2.75) is 24.6 Å². The number of rotatable bonds is 5. The van der Waals surface area contributed by atoms with Crippen LogP contribution in [0.2, 0.25) is 0 Å². The van der Waals surface area contributed by atoms with Gasteiger partial charge in [-0.1, -0.05) is 78.9 Å². The zero-order chi connectivity index (χ0) is 20.4. The molecule has 0 N–H and O–H groups in total. The van der Waals surface area contributed by atoms with Crippen molar-refractivity contribution in [2.24, 2.45) is 0 Å². The Morgan fingerprint density at radius 1 is 1.03 bits per heavy atom. The number of nitrogens with zero attached hydrogens (tertiary/aromatic N) is 4. The fraction of sp³-hybridized carbons (Fsp3) is 0.200. The molecule has 2 atom stereocenters. The van der Waals surface area contributed by atoms with E-state index in [0.717, 1.165) is 6.42 Å². The van der Waals surface area contributed by atoms with Crippen LogP contribution >= 0.6 is 0 Å². The molecule has 2 heterocycles. The average molecular weight is 396 g/mol. The largest absolute Gasteiger partial charge is 0.291 e. The van der Waals surface area contributed by atoms with Crippen LogP contribution in [-0.2, 0) is 16.9 Å². The summed E-state index contributed by atoms with van der Waals surface area (Å²) in [5.41, 5.74) is 2.04. The number of fused-ring (bicyclic) bond motifs is 1. The lowest BCUT2D eigenvalue weighted by Gasteiger charge is -2.34. The molecular weight excluding hydrogens is 372 g/mol. The van der Waals surface area contributed by atoms with Crippen LogP contribution in [0.25, 0.3) is 16.8 Å². The molecular formula is C25H24N4O. The molecule has 1 saturated heterocycles. The number of likely N-dealkylation sites (N-methyl/N-ethyl adjacent to an activating group) is 1. The molecule has 0 radical (unpaired) electrons. The highest BCUT2D eigenvalue weighted by molar-refractivity contribution is 5.83. The van der Waals surface area contributed by atoms with E-state index in [1.807, 2.05) is 35.0 Å². The van der Waals surface area contributed by atoms with Crippen LogP contribution in [0.3, 0.4) is 0 Å². The van der Waals surface area contributed by atoms with E-state index in [9.17, 15) is 0 Å². The summed E-state index contributed by atoms with van der Waals surface area (Å²) in [6.45, 7) is 0.664. The maximum Gasteiger partial charge on any atom is 0.137 e. The quantitative estimate of drug-likeness (QED) is 0.491. The van der Waals surface area contributed by atoms with Crippen molar-refractivity contribution in [3.8, 4) is 0 Å². The third-order valence-electron chi connectivity index (χ3n) is 5.92. The molecule has 0 unspecified atom stereocenters. The third-order valence-corrected chi connectivity index (χ3v) is 5.92. The van der Waals surface area contributed by atoms with E-state index in [-0.39, 0.29) is 11.6 Å². The topological polar surface area (TPSA) is 43.2 Å². The zero-order valence-electron chi connectivity index (χ0n) is 16.9. The maximum absolute atomic E-state index is 6.30. The molecule has 1 aliphatic heterocycles. The Labute approximate surface area is 176 Å². The van der Waals surface area contributed by atoms with E-state index in [1.54, 1.807) is 12.7 Å². The molecule has 150 valence electrons. The summed E-state index contributed by atoms with van der Waals surface area (Å²) < 4.78 is 1.89. The Hall–Kier alpha value is -3.28. The Bertz CT molecular complexity index is 1160. The number of hydrogen-bond donors (Lipinski definition) is 0. The van der Waals surface area contributed by atoms with Gasteiger partial charge in [0.1, 0.15) is 12.7 Å². The minimum absolute atomic E-state index is 0.0230. The summed E-state index contributed by atoms with van der Waals surface area (Å²) in [4.78, 5) is 10.4. The van der Waals surface area contributed by atoms with Gasteiger partial charge in [-0.05, 0) is 28.0 Å². The van der Waals surface area contributed by atoms with Gasteiger partial charge in [0.25, 0.3) is 0 Å². The third kappa shape index (κ3) is 3.54. The van der Waals surface area contributed by atoms with Crippen molar-refractivity contribution in [2.75, 3.05) is 7.05 Å². The van der Waals surface area contributed by atoms with Crippen LogP contribution in [0.1, 0.15) is 17.5 Å². The van der Waals surface area contributed by atoms with Crippen LogP contribution < -0.4 is 0 Å². The molecule has 5 rings (SSSR count). The highest BCUT2D eigenvalue weighted by atomic mass is 16.7. The van der Waals surface area contributed by atoms with Gasteiger partial charge in [-0.25, -0.2) is 4.98 Å². The SMILES string of the molecule is CN1O[C@@H](/C=C/c2ccccc2)C[C@@]1(Cn1cncn1)c1ccc2ccccc2c1. The predicted molar refractivity (Wildman–Crippen MR) is 118 cm³/mol. The summed E-state index contributed by atoms with van der Waals surface area (Å²) >= 11 is 0. The zero-order valence-corrected chi connectivity index (χ0v) is 16.9. The van der Waals surface area contributed by atoms with Crippen LogP contribution in [0, 0.1) is 0 Å². The van der Waals surface area contributed by atoms with Gasteiger partial charge in [0.2, 0.25) is 0 Å². The Morgan fingerprint density at radius 2 is 1.83 bits per heavy atom. The van der Waals surface area contributed by atoms with Crippen molar-refractivity contribution in [1.29, 1.82) is 0 Å². The Morgan fingerprint density at radius 3 is 2.63 bits per heavy atom. The lowest BCUT2D eigenvalue weighted by Crippen LogP contribution is -2.42. The van der Waals surface area contributed by atoms with Gasteiger partial charge < -0.3 is 0 Å². The minimum Gasteiger partial charge on any atom is -0.291 e. The number of hydroxylamine groups is 2. The molecule has 5 nitrogen and oxygen atoms in total. The molecule has 3 aromatic carbocycles. The molecule has 1 fully saturated rings. The molecule has 0 saturated carbocycles. The second-order valence-electron chi connectivity index (χ2n) is 7.80. The summed E-state index contributed by atoms with van der Waals surface area (Å²) in [5.74, 6) is 0. The van der Waals surface area contributed by atoms with E-state index in [1.165, 1.54) is 21.9 Å². The summed E-state index contributed by atoms with van der Waals surface area (Å²) in [6, 6.07) is 25.4. The molecule has 0 spiro atoms. The fourth-order valence-corrected chi connectivity index (χ4v) is 4.30. The van der Waals surface area contributed by atoms with Crippen LogP contribution in [-0.4, -0.2) is 33.0 Å². The standard InChI is InChI=1S/C25H24N4O/c1-28-25(17-29-19-26-18-27-29,23-13-12-21-9-5-6-10-22(21)15-23)16-24(30-28)14-11-20-7-3-2-4-8-20/h2-15,18-19,24H,16-17H2,1H3/b14-11+/t24-,25+/m0/s1. The van der Waals surface area contributed by atoms with Crippen LogP contribution in [0.5, 0.6) is 0 Å². The van der Waals surface area contributed by atoms with Crippen molar-refractivity contribution < 1.29 is 4.84 Å². The first-order valence-electron chi connectivity index (χ1n) is 10.2. The Kier molecular flexibility index (Phi) is 4.91. The first kappa shape index (κ1) is 18.7. The van der Waals surface area contributed by atoms with Gasteiger partial charge in [-0.3, -0.25) is 9.52 Å². The lowest BCUT2D eigenvalue weighted by atomic mass is 9.84. The first-order valence-corrected chi connectivity index (χ1v) is 10.2. The number of aromatic nitrogens is 3. The van der Waals surface area contributed by atoms with Crippen molar-refractivity contribution in [3.63, 3.8) is 0 Å². The minimum atomic E-state index is -0.344. The van der Waals surface area contributed by atoms with Gasteiger partial charge in [-0.2, -0.15) is 10.2 Å². The molecule has 0 bridgehead atoms. The highest BCUT2D eigenvalue weighted by Crippen LogP contribution is 2.42. The molecule has 4 aromatic rings. The van der Waals surface area contributed by atoms with Crippen molar-refractivity contribution in [3.05, 3.63) is 103 Å². The second kappa shape index (κ2) is 7.86. The van der Waals surface area contributed by atoms with Crippen molar-refractivity contribution >= 4 is 16.8 Å². The van der Waals surface area contributed by atoms with E-state index < -0.39 is 0 Å². The number of hydrogen-bond acceptors (Lipinski definition) is 4. The van der Waals surface area contributed by atoms with Crippen molar-refractivity contribution in [1.82, 2.24) is 19.8 Å². The fourth-order valence-electron chi connectivity index (χ4n) is 4.30. The lowest BCUT2D eigenvalue weighted by molar-refractivity contribution is -0.165. The predicted octanol–water partition coefficient (Wildman–Crippen LogP) is 4.68. The second-order valence-corrected chi connectivity index (χ2v) is 7.80. The van der Waals surface area contributed by atoms with E-state index in [0.29, 0.717) is 6.54 Å². The van der Waals surface area contributed by atoms with Gasteiger partial charge >= 0.3 is 0 Å². The first-order chi connectivity index (χ1) is 14.7. The van der Waals surface area contributed by atoms with E-state index >= 15 is 0 Å². The smallest absolute Gasteiger partial charge is 0.137 e. The summed E-state index contributed by atoms with van der Waals surface area (Å²) in [6.07, 6.45) is 8.43. The molecule has 1 aliphatic rings. The van der Waals surface area contributed by atoms with Gasteiger partial charge in [0.05, 0.1) is 18.2 Å². The molecule has 0 aliphatic carbocycles. The molecule has 1 aromatic heterocycles. The summed E-state index contributed by atoms with van der Waals surface area (Å²) in [5, 5.41) is 8.83. The molecule has 30 heavy (non-hydrogen) atoms. The van der Waals surface area contributed by atoms with E-state index in [4.69, 9.17) is 4.84 Å². The maximum atomic E-state index is 6.30. The summed E-state index contributed by atoms with van der Waals surface area (Å²) in [7, 11) is 2.02. The average Bonchev–Trinajstić information content (AvgIpc) is 3.41. The molecule has 0 amide bonds. The van der Waals surface area contributed by atoms with Gasteiger partial charge in [-0.15, -0.1) is 0 Å². The van der Waals surface area contributed by atoms with Crippen LogP contribution in [0.15, 0.2) is 91.5 Å². The highest BCUT2D eigenvalue weighted by Gasteiger charge is 2.46. The Balaban J connectivity index is 1.52.